The second-order valence-electron chi connectivity index (χ2n) is 6.77. The maximum absolute atomic E-state index is 12.3. The van der Waals surface area contributed by atoms with Gasteiger partial charge in [0.15, 0.2) is 0 Å². The van der Waals surface area contributed by atoms with Crippen LogP contribution in [-0.2, 0) is 4.79 Å². The van der Waals surface area contributed by atoms with Crippen LogP contribution in [0.1, 0.15) is 39.2 Å². The van der Waals surface area contributed by atoms with E-state index in [-0.39, 0.29) is 23.4 Å². The number of benzene rings is 1. The zero-order chi connectivity index (χ0) is 17.3. The van der Waals surface area contributed by atoms with Gasteiger partial charge in [0, 0.05) is 21.4 Å². The third-order valence-electron chi connectivity index (χ3n) is 4.00. The van der Waals surface area contributed by atoms with Crippen molar-refractivity contribution in [3.05, 3.63) is 28.8 Å². The van der Waals surface area contributed by atoms with Crippen LogP contribution >= 0.6 is 23.2 Å². The lowest BCUT2D eigenvalue weighted by atomic mass is 9.62. The highest BCUT2D eigenvalue weighted by molar-refractivity contribution is 6.30. The summed E-state index contributed by atoms with van der Waals surface area (Å²) in [5, 5.41) is 12.5. The fourth-order valence-corrected chi connectivity index (χ4v) is 3.85. The van der Waals surface area contributed by atoms with E-state index in [2.05, 4.69) is 11.4 Å². The normalized spacial score (nSPS) is 27.5. The van der Waals surface area contributed by atoms with E-state index in [0.717, 1.165) is 0 Å². The lowest BCUT2D eigenvalue weighted by Crippen LogP contribution is -2.55. The zero-order valence-electron chi connectivity index (χ0n) is 13.5. The Balaban J connectivity index is 1.89. The first-order chi connectivity index (χ1) is 10.6. The van der Waals surface area contributed by atoms with Gasteiger partial charge in [0.05, 0.1) is 11.6 Å². The van der Waals surface area contributed by atoms with Crippen LogP contribution in [0.15, 0.2) is 18.2 Å². The van der Waals surface area contributed by atoms with Gasteiger partial charge in [-0.2, -0.15) is 5.26 Å². The van der Waals surface area contributed by atoms with Crippen LogP contribution in [0.4, 0.5) is 0 Å². The molecule has 0 aromatic heterocycles. The molecule has 2 rings (SSSR count). The van der Waals surface area contributed by atoms with Gasteiger partial charge in [0.1, 0.15) is 18.4 Å². The summed E-state index contributed by atoms with van der Waals surface area (Å²) in [6.07, 6.45) is 1.32. The van der Waals surface area contributed by atoms with E-state index < -0.39 is 5.41 Å². The maximum atomic E-state index is 12.3. The number of alkyl halides is 1. The van der Waals surface area contributed by atoms with E-state index in [1.165, 1.54) is 0 Å². The predicted octanol–water partition coefficient (Wildman–Crippen LogP) is 3.89. The predicted molar refractivity (Wildman–Crippen MR) is 90.9 cm³/mol. The summed E-state index contributed by atoms with van der Waals surface area (Å²) in [4.78, 5) is 12.1. The molecular formula is C17H20Cl2N2O2. The molecule has 0 unspecified atom stereocenters. The minimum atomic E-state index is -0.418. The van der Waals surface area contributed by atoms with Gasteiger partial charge in [-0.15, -0.1) is 11.6 Å². The van der Waals surface area contributed by atoms with E-state index in [1.807, 2.05) is 20.8 Å². The van der Waals surface area contributed by atoms with Gasteiger partial charge < -0.3 is 10.1 Å². The third kappa shape index (κ3) is 4.31. The molecule has 4 nitrogen and oxygen atoms in total. The number of carbonyl (C=O) groups is 1. The van der Waals surface area contributed by atoms with Gasteiger partial charge in [0.2, 0.25) is 5.91 Å². The van der Waals surface area contributed by atoms with Crippen molar-refractivity contribution in [3.8, 4) is 11.8 Å². The fourth-order valence-electron chi connectivity index (χ4n) is 3.10. The Morgan fingerprint density at radius 2 is 2.13 bits per heavy atom. The largest absolute Gasteiger partial charge is 0.490 e. The molecule has 1 fully saturated rings. The fraction of sp³-hybridized carbons (Fsp3) is 0.529. The Labute approximate surface area is 146 Å². The molecule has 1 aliphatic carbocycles. The molecule has 1 atom stereocenters. The number of hydrogen-bond donors (Lipinski definition) is 1. The lowest BCUT2D eigenvalue weighted by molar-refractivity contribution is -0.137. The number of nitrogens with zero attached hydrogens (tertiary/aromatic N) is 1. The van der Waals surface area contributed by atoms with Crippen molar-refractivity contribution in [3.63, 3.8) is 0 Å². The van der Waals surface area contributed by atoms with Gasteiger partial charge >= 0.3 is 0 Å². The number of amides is 1. The van der Waals surface area contributed by atoms with Crippen molar-refractivity contribution in [2.45, 2.75) is 44.5 Å². The smallest absolute Gasteiger partial charge is 0.226 e. The van der Waals surface area contributed by atoms with Crippen molar-refractivity contribution < 1.29 is 9.53 Å². The summed E-state index contributed by atoms with van der Waals surface area (Å²) in [6.45, 7) is 5.98. The molecule has 0 heterocycles. The van der Waals surface area contributed by atoms with Gasteiger partial charge in [-0.25, -0.2) is 0 Å². The van der Waals surface area contributed by atoms with E-state index in [1.54, 1.807) is 18.2 Å². The molecule has 1 aromatic rings. The molecule has 0 bridgehead atoms. The second-order valence-corrected chi connectivity index (χ2v) is 8.11. The Kier molecular flexibility index (Phi) is 5.13. The lowest BCUT2D eigenvalue weighted by Gasteiger charge is -2.48. The van der Waals surface area contributed by atoms with Crippen LogP contribution in [-0.4, -0.2) is 23.4 Å². The molecule has 0 radical (unpaired) electrons. The molecule has 0 aliphatic heterocycles. The summed E-state index contributed by atoms with van der Waals surface area (Å²) < 4.78 is 5.63. The molecule has 1 aliphatic rings. The molecular weight excluding hydrogens is 335 g/mol. The molecule has 0 saturated heterocycles. The van der Waals surface area contributed by atoms with Gasteiger partial charge in [-0.1, -0.05) is 18.5 Å². The van der Waals surface area contributed by atoms with Crippen LogP contribution in [0.25, 0.3) is 0 Å². The number of ether oxygens (including phenoxy) is 1. The van der Waals surface area contributed by atoms with Crippen molar-refractivity contribution in [2.24, 2.45) is 5.41 Å². The van der Waals surface area contributed by atoms with Crippen LogP contribution < -0.4 is 10.1 Å². The van der Waals surface area contributed by atoms with Crippen molar-refractivity contribution in [2.75, 3.05) is 6.61 Å². The Morgan fingerprint density at radius 1 is 1.48 bits per heavy atom. The van der Waals surface area contributed by atoms with Crippen LogP contribution in [0.5, 0.6) is 5.75 Å². The first kappa shape index (κ1) is 17.9. The molecule has 1 N–H and O–H groups in total. The first-order valence-corrected chi connectivity index (χ1v) is 8.23. The zero-order valence-corrected chi connectivity index (χ0v) is 15.0. The molecule has 1 aromatic carbocycles. The standard InChI is InChI=1S/C17H20Cl2N2O2/c1-11(21-15(22)16(2)9-17(3,19)10-16)8-23-14-6-13(18)5-4-12(14)7-20/h4-6,11H,8-10H2,1-3H3,(H,21,22)/t11-,16?,17?/m1/s1. The van der Waals surface area contributed by atoms with Crippen molar-refractivity contribution in [1.29, 1.82) is 5.26 Å². The summed E-state index contributed by atoms with van der Waals surface area (Å²) in [7, 11) is 0. The van der Waals surface area contributed by atoms with Crippen molar-refractivity contribution >= 4 is 29.1 Å². The quantitative estimate of drug-likeness (QED) is 0.815. The van der Waals surface area contributed by atoms with Gasteiger partial charge in [0.25, 0.3) is 0 Å². The number of nitriles is 1. The highest BCUT2D eigenvalue weighted by atomic mass is 35.5. The van der Waals surface area contributed by atoms with Crippen LogP contribution in [0.3, 0.4) is 0 Å². The molecule has 1 saturated carbocycles. The number of halogens is 2. The summed E-state index contributed by atoms with van der Waals surface area (Å²) in [5.74, 6) is 0.405. The SMILES string of the molecule is C[C@H](COc1cc(Cl)ccc1C#N)NC(=O)C1(C)CC(C)(Cl)C1. The summed E-state index contributed by atoms with van der Waals surface area (Å²) in [5.41, 5.74) is -0.00433. The molecule has 0 spiro atoms. The Bertz CT molecular complexity index is 644. The highest BCUT2D eigenvalue weighted by Gasteiger charge is 2.52. The van der Waals surface area contributed by atoms with Gasteiger partial charge in [-0.05, 0) is 38.8 Å². The van der Waals surface area contributed by atoms with Crippen LogP contribution in [0, 0.1) is 16.7 Å². The molecule has 1 amide bonds. The Morgan fingerprint density at radius 3 is 2.70 bits per heavy atom. The number of hydrogen-bond acceptors (Lipinski definition) is 3. The van der Waals surface area contributed by atoms with E-state index in [4.69, 9.17) is 33.2 Å². The van der Waals surface area contributed by atoms with Gasteiger partial charge in [-0.3, -0.25) is 4.79 Å². The minimum Gasteiger partial charge on any atom is -0.490 e. The highest BCUT2D eigenvalue weighted by Crippen LogP contribution is 2.52. The van der Waals surface area contributed by atoms with Crippen LogP contribution in [0.2, 0.25) is 5.02 Å². The molecule has 6 heteroatoms. The number of carbonyl (C=O) groups excluding carboxylic acids is 1. The minimum absolute atomic E-state index is 0.0154. The average Bonchev–Trinajstić information content (AvgIpc) is 2.43. The number of nitrogens with one attached hydrogen (secondary N) is 1. The summed E-state index contributed by atoms with van der Waals surface area (Å²) in [6, 6.07) is 6.71. The van der Waals surface area contributed by atoms with Crippen molar-refractivity contribution in [1.82, 2.24) is 5.32 Å². The summed E-state index contributed by atoms with van der Waals surface area (Å²) >= 11 is 12.1. The van der Waals surface area contributed by atoms with E-state index >= 15 is 0 Å². The Hall–Kier alpha value is -1.44. The monoisotopic (exact) mass is 354 g/mol. The average molecular weight is 355 g/mol. The van der Waals surface area contributed by atoms with E-state index in [9.17, 15) is 4.79 Å². The molecule has 124 valence electrons. The number of rotatable bonds is 5. The first-order valence-electron chi connectivity index (χ1n) is 7.48. The third-order valence-corrected chi connectivity index (χ3v) is 4.50. The second kappa shape index (κ2) is 6.59. The molecule has 23 heavy (non-hydrogen) atoms. The maximum Gasteiger partial charge on any atom is 0.226 e. The topological polar surface area (TPSA) is 62.1 Å². The van der Waals surface area contributed by atoms with E-state index in [0.29, 0.717) is 29.2 Å².